The summed E-state index contributed by atoms with van der Waals surface area (Å²) in [6.45, 7) is 6.90. The monoisotopic (exact) mass is 408 g/mol. The Bertz CT molecular complexity index is 897. The first-order valence-electron chi connectivity index (χ1n) is 10.6. The van der Waals surface area contributed by atoms with E-state index in [-0.39, 0.29) is 17.9 Å². The van der Waals surface area contributed by atoms with Crippen LogP contribution >= 0.6 is 0 Å². The number of fused-ring (bicyclic) bond motifs is 1. The van der Waals surface area contributed by atoms with E-state index in [2.05, 4.69) is 13.8 Å². The van der Waals surface area contributed by atoms with Gasteiger partial charge in [-0.25, -0.2) is 9.96 Å². The second-order valence-electron chi connectivity index (χ2n) is 8.26. The topological polar surface area (TPSA) is 59.1 Å². The third-order valence-corrected chi connectivity index (χ3v) is 5.53. The van der Waals surface area contributed by atoms with Crippen LogP contribution in [-0.2, 0) is 14.4 Å². The summed E-state index contributed by atoms with van der Waals surface area (Å²) in [6.07, 6.45) is 0.880. The maximum atomic E-state index is 13.4. The number of benzene rings is 2. The molecule has 0 radical (unpaired) electrons. The highest BCUT2D eigenvalue weighted by Gasteiger charge is 2.59. The van der Waals surface area contributed by atoms with E-state index in [9.17, 15) is 9.59 Å². The zero-order valence-electron chi connectivity index (χ0n) is 17.7. The molecule has 2 heterocycles. The maximum absolute atomic E-state index is 13.4. The molecule has 0 bridgehead atoms. The molecule has 4 rings (SSSR count). The SMILES string of the molecule is CCCOc1ccc(N2C(=O)[C@H]3[C@@H](CC(C)C)N(c4ccccc4)O[C@H]3C2=O)cc1. The van der Waals surface area contributed by atoms with Gasteiger partial charge in [0, 0.05) is 0 Å². The van der Waals surface area contributed by atoms with Crippen LogP contribution in [0.2, 0.25) is 0 Å². The Morgan fingerprint density at radius 3 is 2.30 bits per heavy atom. The Morgan fingerprint density at radius 2 is 1.67 bits per heavy atom. The molecule has 0 aromatic heterocycles. The van der Waals surface area contributed by atoms with E-state index in [1.54, 1.807) is 29.3 Å². The molecule has 158 valence electrons. The number of hydrogen-bond acceptors (Lipinski definition) is 5. The lowest BCUT2D eigenvalue weighted by Gasteiger charge is -2.29. The van der Waals surface area contributed by atoms with Crippen molar-refractivity contribution in [1.29, 1.82) is 0 Å². The molecule has 6 heteroatoms. The molecule has 2 aromatic rings. The van der Waals surface area contributed by atoms with Crippen molar-refractivity contribution >= 4 is 23.2 Å². The largest absolute Gasteiger partial charge is 0.494 e. The fourth-order valence-corrected chi connectivity index (χ4v) is 4.21. The standard InChI is InChI=1S/C24H28N2O4/c1-4-14-29-19-12-10-17(11-13-19)25-23(27)21-20(15-16(2)3)26(30-22(21)24(25)28)18-8-6-5-7-9-18/h5-13,16,20-22H,4,14-15H2,1-3H3/t20-,21+,22-/m1/s1. The fraction of sp³-hybridized carbons (Fsp3) is 0.417. The highest BCUT2D eigenvalue weighted by atomic mass is 16.7. The Balaban J connectivity index is 1.60. The maximum Gasteiger partial charge on any atom is 0.266 e. The first kappa shape index (κ1) is 20.4. The fourth-order valence-electron chi connectivity index (χ4n) is 4.21. The van der Waals surface area contributed by atoms with E-state index in [4.69, 9.17) is 9.57 Å². The lowest BCUT2D eigenvalue weighted by Crippen LogP contribution is -2.41. The number of imide groups is 1. The van der Waals surface area contributed by atoms with Crippen molar-refractivity contribution in [2.45, 2.75) is 45.8 Å². The predicted molar refractivity (Wildman–Crippen MR) is 115 cm³/mol. The van der Waals surface area contributed by atoms with Crippen LogP contribution < -0.4 is 14.7 Å². The molecule has 3 atom stereocenters. The first-order valence-corrected chi connectivity index (χ1v) is 10.6. The molecule has 2 aliphatic heterocycles. The summed E-state index contributed by atoms with van der Waals surface area (Å²) in [7, 11) is 0. The molecular weight excluding hydrogens is 380 g/mol. The molecule has 2 saturated heterocycles. The van der Waals surface area contributed by atoms with Crippen molar-refractivity contribution in [2.75, 3.05) is 16.6 Å². The summed E-state index contributed by atoms with van der Waals surface area (Å²) < 4.78 is 5.61. The highest BCUT2D eigenvalue weighted by molar-refractivity contribution is 6.23. The average molecular weight is 408 g/mol. The number of hydrogen-bond donors (Lipinski definition) is 0. The summed E-state index contributed by atoms with van der Waals surface area (Å²) in [4.78, 5) is 33.9. The van der Waals surface area contributed by atoms with Crippen molar-refractivity contribution in [3.8, 4) is 5.75 Å². The highest BCUT2D eigenvalue weighted by Crippen LogP contribution is 2.42. The summed E-state index contributed by atoms with van der Waals surface area (Å²) in [5.41, 5.74) is 1.42. The van der Waals surface area contributed by atoms with E-state index in [0.29, 0.717) is 18.2 Å². The molecular formula is C24H28N2O4. The molecule has 0 saturated carbocycles. The molecule has 6 nitrogen and oxygen atoms in total. The second kappa shape index (κ2) is 8.48. The summed E-state index contributed by atoms with van der Waals surface area (Å²) in [5, 5.41) is 1.77. The lowest BCUT2D eigenvalue weighted by atomic mass is 9.90. The van der Waals surface area contributed by atoms with E-state index in [1.165, 1.54) is 4.90 Å². The first-order chi connectivity index (χ1) is 14.5. The average Bonchev–Trinajstić information content (AvgIpc) is 3.23. The van der Waals surface area contributed by atoms with Gasteiger partial charge in [0.2, 0.25) is 5.91 Å². The molecule has 0 aliphatic carbocycles. The Hall–Kier alpha value is -2.86. The van der Waals surface area contributed by atoms with Crippen LogP contribution in [0.25, 0.3) is 0 Å². The number of carbonyl (C=O) groups excluding carboxylic acids is 2. The number of rotatable bonds is 7. The van der Waals surface area contributed by atoms with Crippen molar-refractivity contribution in [1.82, 2.24) is 0 Å². The Morgan fingerprint density at radius 1 is 0.967 bits per heavy atom. The van der Waals surface area contributed by atoms with Gasteiger partial charge in [-0.05, 0) is 55.2 Å². The van der Waals surface area contributed by atoms with Gasteiger partial charge in [0.05, 0.1) is 29.9 Å². The van der Waals surface area contributed by atoms with Crippen LogP contribution in [0.4, 0.5) is 11.4 Å². The summed E-state index contributed by atoms with van der Waals surface area (Å²) >= 11 is 0. The van der Waals surface area contributed by atoms with Crippen LogP contribution in [-0.4, -0.2) is 30.6 Å². The molecule has 2 fully saturated rings. The van der Waals surface area contributed by atoms with Gasteiger partial charge in [-0.2, -0.15) is 0 Å². The number of hydroxylamine groups is 1. The number of carbonyl (C=O) groups is 2. The van der Waals surface area contributed by atoms with Gasteiger partial charge >= 0.3 is 0 Å². The number of ether oxygens (including phenoxy) is 1. The third-order valence-electron chi connectivity index (χ3n) is 5.53. The molecule has 2 aromatic carbocycles. The van der Waals surface area contributed by atoms with Gasteiger partial charge < -0.3 is 4.74 Å². The van der Waals surface area contributed by atoms with Crippen molar-refractivity contribution < 1.29 is 19.2 Å². The Labute approximate surface area is 177 Å². The predicted octanol–water partition coefficient (Wildman–Crippen LogP) is 4.20. The minimum Gasteiger partial charge on any atom is -0.494 e. The number of amides is 2. The number of anilines is 2. The van der Waals surface area contributed by atoms with E-state index in [0.717, 1.165) is 24.3 Å². The molecule has 0 spiro atoms. The molecule has 2 amide bonds. The van der Waals surface area contributed by atoms with Crippen molar-refractivity contribution in [2.24, 2.45) is 11.8 Å². The third kappa shape index (κ3) is 3.67. The Kier molecular flexibility index (Phi) is 5.77. The summed E-state index contributed by atoms with van der Waals surface area (Å²) in [6, 6.07) is 16.6. The van der Waals surface area contributed by atoms with Crippen LogP contribution in [0.1, 0.15) is 33.6 Å². The molecule has 30 heavy (non-hydrogen) atoms. The number of nitrogens with zero attached hydrogens (tertiary/aromatic N) is 2. The van der Waals surface area contributed by atoms with E-state index in [1.807, 2.05) is 37.3 Å². The zero-order chi connectivity index (χ0) is 21.3. The minimum absolute atomic E-state index is 0.189. The van der Waals surface area contributed by atoms with Crippen LogP contribution in [0.5, 0.6) is 5.75 Å². The van der Waals surface area contributed by atoms with Crippen LogP contribution in [0.15, 0.2) is 54.6 Å². The summed E-state index contributed by atoms with van der Waals surface area (Å²) in [5.74, 6) is 0.0615. The van der Waals surface area contributed by atoms with Gasteiger partial charge in [0.15, 0.2) is 6.10 Å². The van der Waals surface area contributed by atoms with Gasteiger partial charge in [0.25, 0.3) is 5.91 Å². The quantitative estimate of drug-likeness (QED) is 0.643. The van der Waals surface area contributed by atoms with E-state index >= 15 is 0 Å². The van der Waals surface area contributed by atoms with Gasteiger partial charge in [-0.3, -0.25) is 14.4 Å². The molecule has 0 unspecified atom stereocenters. The van der Waals surface area contributed by atoms with Gasteiger partial charge in [-0.15, -0.1) is 0 Å². The normalized spacial score (nSPS) is 23.4. The van der Waals surface area contributed by atoms with Crippen LogP contribution in [0.3, 0.4) is 0 Å². The minimum atomic E-state index is -0.794. The lowest BCUT2D eigenvalue weighted by molar-refractivity contribution is -0.126. The van der Waals surface area contributed by atoms with Gasteiger partial charge in [0.1, 0.15) is 5.75 Å². The van der Waals surface area contributed by atoms with Crippen molar-refractivity contribution in [3.05, 3.63) is 54.6 Å². The van der Waals surface area contributed by atoms with Gasteiger partial charge in [-0.1, -0.05) is 39.0 Å². The number of para-hydroxylation sites is 1. The van der Waals surface area contributed by atoms with E-state index < -0.39 is 12.0 Å². The second-order valence-corrected chi connectivity index (χ2v) is 8.26. The molecule has 0 N–H and O–H groups in total. The van der Waals surface area contributed by atoms with Crippen molar-refractivity contribution in [3.63, 3.8) is 0 Å². The zero-order valence-corrected chi connectivity index (χ0v) is 17.7. The van der Waals surface area contributed by atoms with Crippen LogP contribution in [0, 0.1) is 11.8 Å². The smallest absolute Gasteiger partial charge is 0.266 e. The molecule has 2 aliphatic rings.